The Hall–Kier alpha value is -2.45. The van der Waals surface area contributed by atoms with Crippen molar-refractivity contribution >= 4 is 22.1 Å². The van der Waals surface area contributed by atoms with Gasteiger partial charge in [-0.1, -0.05) is 31.4 Å². The first-order chi connectivity index (χ1) is 10.3. The van der Waals surface area contributed by atoms with E-state index in [2.05, 4.69) is 13.2 Å². The Labute approximate surface area is 127 Å². The quantitative estimate of drug-likeness (QED) is 0.461. The Morgan fingerprint density at radius 3 is 1.77 bits per heavy atom. The summed E-state index contributed by atoms with van der Waals surface area (Å²) in [4.78, 5) is 22.8. The minimum atomic E-state index is -4.86. The van der Waals surface area contributed by atoms with Crippen LogP contribution in [-0.2, 0) is 19.6 Å². The number of hydrogen-bond donors (Lipinski definition) is 1. The van der Waals surface area contributed by atoms with Crippen LogP contribution in [0.15, 0.2) is 48.4 Å². The topological polar surface area (TPSA) is 107 Å². The number of rotatable bonds is 7. The highest BCUT2D eigenvalue weighted by Crippen LogP contribution is 2.22. The monoisotopic (exact) mass is 326 g/mol. The summed E-state index contributed by atoms with van der Waals surface area (Å²) in [5.74, 6) is -2.04. The molecule has 0 heterocycles. The van der Waals surface area contributed by atoms with Crippen molar-refractivity contribution in [1.82, 2.24) is 0 Å². The highest BCUT2D eigenvalue weighted by molar-refractivity contribution is 7.86. The minimum absolute atomic E-state index is 0.158. The molecule has 0 aliphatic carbocycles. The molecule has 0 radical (unpaired) electrons. The molecule has 0 unspecified atom stereocenters. The van der Waals surface area contributed by atoms with Gasteiger partial charge in [-0.3, -0.25) is 4.55 Å². The molecule has 0 saturated carbocycles. The molecule has 118 valence electrons. The summed E-state index contributed by atoms with van der Waals surface area (Å²) in [5.41, 5.74) is -0.949. The lowest BCUT2D eigenvalue weighted by molar-refractivity contribution is 0.0538. The van der Waals surface area contributed by atoms with Crippen LogP contribution in [0, 0.1) is 0 Å². The fourth-order valence-electron chi connectivity index (χ4n) is 1.56. The fraction of sp³-hybridized carbons (Fsp3) is 0.143. The molecule has 8 heteroatoms. The normalized spacial score (nSPS) is 10.6. The van der Waals surface area contributed by atoms with E-state index in [1.54, 1.807) is 0 Å². The maximum absolute atomic E-state index is 11.8. The predicted octanol–water partition coefficient (Wildman–Crippen LogP) is 1.62. The number of benzene rings is 1. The smallest absolute Gasteiger partial charge is 0.339 e. The molecule has 0 amide bonds. The number of hydrogen-bond acceptors (Lipinski definition) is 6. The molecule has 0 atom stereocenters. The summed E-state index contributed by atoms with van der Waals surface area (Å²) in [6, 6.07) is 3.49. The summed E-state index contributed by atoms with van der Waals surface area (Å²) in [7, 11) is -4.86. The maximum Gasteiger partial charge on any atom is 0.339 e. The third kappa shape index (κ3) is 4.27. The molecular weight excluding hydrogens is 312 g/mol. The van der Waals surface area contributed by atoms with Gasteiger partial charge in [0.15, 0.2) is 0 Å². The standard InChI is InChI=1S/C14H14O7S/c1-3-8-20-13(15)10-6-5-7-11(12(10)22(17,18)19)14(16)21-9-4-2/h3-7H,1-2,8-9H2,(H,17,18,19). The van der Waals surface area contributed by atoms with E-state index in [1.807, 2.05) is 0 Å². The Bertz CT molecular complexity index is 662. The molecule has 1 aromatic carbocycles. The lowest BCUT2D eigenvalue weighted by atomic mass is 10.1. The zero-order chi connectivity index (χ0) is 16.8. The maximum atomic E-state index is 11.8. The van der Waals surface area contributed by atoms with Crippen molar-refractivity contribution in [3.8, 4) is 0 Å². The first-order valence-electron chi connectivity index (χ1n) is 5.99. The molecule has 0 aromatic heterocycles. The molecule has 7 nitrogen and oxygen atoms in total. The van der Waals surface area contributed by atoms with Gasteiger partial charge < -0.3 is 9.47 Å². The number of ether oxygens (including phenoxy) is 2. The van der Waals surface area contributed by atoms with Crippen LogP contribution in [0.3, 0.4) is 0 Å². The van der Waals surface area contributed by atoms with Crippen molar-refractivity contribution in [2.75, 3.05) is 13.2 Å². The van der Waals surface area contributed by atoms with Crippen LogP contribution in [0.5, 0.6) is 0 Å². The van der Waals surface area contributed by atoms with E-state index in [0.717, 1.165) is 12.1 Å². The summed E-state index contributed by atoms with van der Waals surface area (Å²) < 4.78 is 41.8. The molecule has 0 aliphatic rings. The molecule has 1 rings (SSSR count). The Morgan fingerprint density at radius 1 is 1.05 bits per heavy atom. The first kappa shape index (κ1) is 17.6. The van der Waals surface area contributed by atoms with Gasteiger partial charge in [0.1, 0.15) is 18.1 Å². The Balaban J connectivity index is 3.41. The lowest BCUT2D eigenvalue weighted by Gasteiger charge is -2.11. The highest BCUT2D eigenvalue weighted by Gasteiger charge is 2.28. The largest absolute Gasteiger partial charge is 0.458 e. The molecule has 0 spiro atoms. The van der Waals surface area contributed by atoms with Gasteiger partial charge in [0.05, 0.1) is 11.1 Å². The molecule has 0 saturated heterocycles. The average molecular weight is 326 g/mol. The lowest BCUT2D eigenvalue weighted by Crippen LogP contribution is -2.17. The molecule has 0 bridgehead atoms. The van der Waals surface area contributed by atoms with Gasteiger partial charge in [-0.25, -0.2) is 9.59 Å². The van der Waals surface area contributed by atoms with E-state index in [1.165, 1.54) is 18.2 Å². The van der Waals surface area contributed by atoms with Gasteiger partial charge in [0, 0.05) is 0 Å². The summed E-state index contributed by atoms with van der Waals surface area (Å²) in [6.07, 6.45) is 2.57. The first-order valence-corrected chi connectivity index (χ1v) is 7.43. The molecule has 0 fully saturated rings. The van der Waals surface area contributed by atoms with Crippen LogP contribution in [0.2, 0.25) is 0 Å². The summed E-state index contributed by atoms with van der Waals surface area (Å²) in [5, 5.41) is 0. The van der Waals surface area contributed by atoms with E-state index < -0.39 is 38.1 Å². The fourth-order valence-corrected chi connectivity index (χ4v) is 2.42. The molecule has 1 N–H and O–H groups in total. The van der Waals surface area contributed by atoms with Crippen LogP contribution in [0.25, 0.3) is 0 Å². The van der Waals surface area contributed by atoms with Crippen molar-refractivity contribution in [3.05, 3.63) is 54.6 Å². The molecule has 0 aliphatic heterocycles. The van der Waals surface area contributed by atoms with Gasteiger partial charge in [-0.2, -0.15) is 8.42 Å². The van der Waals surface area contributed by atoms with Crippen LogP contribution in [0.4, 0.5) is 0 Å². The molecule has 22 heavy (non-hydrogen) atoms. The van der Waals surface area contributed by atoms with E-state index >= 15 is 0 Å². The van der Waals surface area contributed by atoms with Gasteiger partial charge in [-0.05, 0) is 12.1 Å². The van der Waals surface area contributed by atoms with E-state index in [4.69, 9.17) is 9.47 Å². The third-order valence-corrected chi connectivity index (χ3v) is 3.33. The molecular formula is C14H14O7S. The van der Waals surface area contributed by atoms with Gasteiger partial charge in [0.2, 0.25) is 0 Å². The second-order valence-corrected chi connectivity index (χ2v) is 5.29. The van der Waals surface area contributed by atoms with Crippen molar-refractivity contribution in [2.24, 2.45) is 0 Å². The van der Waals surface area contributed by atoms with E-state index in [0.29, 0.717) is 0 Å². The summed E-state index contributed by atoms with van der Waals surface area (Å²) >= 11 is 0. The predicted molar refractivity (Wildman–Crippen MR) is 77.2 cm³/mol. The second-order valence-electron chi connectivity index (χ2n) is 3.93. The highest BCUT2D eigenvalue weighted by atomic mass is 32.2. The van der Waals surface area contributed by atoms with Gasteiger partial charge >= 0.3 is 11.9 Å². The van der Waals surface area contributed by atoms with Crippen LogP contribution in [0.1, 0.15) is 20.7 Å². The van der Waals surface area contributed by atoms with Crippen molar-refractivity contribution in [3.63, 3.8) is 0 Å². The van der Waals surface area contributed by atoms with E-state index in [-0.39, 0.29) is 13.2 Å². The SMILES string of the molecule is C=CCOC(=O)c1cccc(C(=O)OCC=C)c1S(=O)(=O)O. The average Bonchev–Trinajstić information content (AvgIpc) is 2.48. The van der Waals surface area contributed by atoms with E-state index in [9.17, 15) is 22.6 Å². The number of esters is 2. The van der Waals surface area contributed by atoms with Crippen molar-refractivity contribution in [2.45, 2.75) is 4.90 Å². The van der Waals surface area contributed by atoms with Crippen LogP contribution in [-0.4, -0.2) is 38.1 Å². The number of carbonyl (C=O) groups is 2. The summed E-state index contributed by atoms with van der Waals surface area (Å²) in [6.45, 7) is 6.38. The van der Waals surface area contributed by atoms with Crippen molar-refractivity contribution < 1.29 is 32.0 Å². The van der Waals surface area contributed by atoms with Crippen LogP contribution < -0.4 is 0 Å². The zero-order valence-electron chi connectivity index (χ0n) is 11.5. The second kappa shape index (κ2) is 7.53. The van der Waals surface area contributed by atoms with Gasteiger partial charge in [-0.15, -0.1) is 0 Å². The molecule has 1 aromatic rings. The third-order valence-electron chi connectivity index (χ3n) is 2.38. The minimum Gasteiger partial charge on any atom is -0.458 e. The van der Waals surface area contributed by atoms with Crippen LogP contribution >= 0.6 is 0 Å². The zero-order valence-corrected chi connectivity index (χ0v) is 12.3. The number of carbonyl (C=O) groups excluding carboxylic acids is 2. The van der Waals surface area contributed by atoms with Crippen molar-refractivity contribution in [1.29, 1.82) is 0 Å². The Morgan fingerprint density at radius 2 is 1.45 bits per heavy atom. The Kier molecular flexibility index (Phi) is 6.02. The van der Waals surface area contributed by atoms with Gasteiger partial charge in [0.25, 0.3) is 10.1 Å².